The molecule has 0 spiro atoms. The Morgan fingerprint density at radius 3 is 2.84 bits per heavy atom. The fraction of sp³-hybridized carbons (Fsp3) is 0.231. The highest BCUT2D eigenvalue weighted by atomic mass is 79.9. The van der Waals surface area contributed by atoms with Gasteiger partial charge in [0.2, 0.25) is 0 Å². The van der Waals surface area contributed by atoms with E-state index < -0.39 is 0 Å². The molecule has 0 fully saturated rings. The van der Waals surface area contributed by atoms with Crippen LogP contribution in [0.1, 0.15) is 15.2 Å². The van der Waals surface area contributed by atoms with Gasteiger partial charge >= 0.3 is 0 Å². The highest BCUT2D eigenvalue weighted by molar-refractivity contribution is 9.11. The zero-order chi connectivity index (χ0) is 13.8. The van der Waals surface area contributed by atoms with Gasteiger partial charge in [-0.3, -0.25) is 4.79 Å². The number of nitrogens with zero attached hydrogens (tertiary/aromatic N) is 2. The van der Waals surface area contributed by atoms with E-state index in [0.717, 1.165) is 15.2 Å². The summed E-state index contributed by atoms with van der Waals surface area (Å²) in [4.78, 5) is 18.9. The SMILES string of the molecule is CN(C)c1ncccc1CNC(=O)c1ccc(Br)s1. The minimum atomic E-state index is -0.0655. The summed E-state index contributed by atoms with van der Waals surface area (Å²) in [6.07, 6.45) is 1.75. The van der Waals surface area contributed by atoms with Gasteiger partial charge in [-0.15, -0.1) is 11.3 Å². The molecular formula is C13H14BrN3OS. The molecular weight excluding hydrogens is 326 g/mol. The van der Waals surface area contributed by atoms with Gasteiger partial charge in [-0.1, -0.05) is 6.07 Å². The summed E-state index contributed by atoms with van der Waals surface area (Å²) in [5, 5.41) is 2.91. The van der Waals surface area contributed by atoms with Gasteiger partial charge in [0.1, 0.15) is 5.82 Å². The number of hydrogen-bond donors (Lipinski definition) is 1. The van der Waals surface area contributed by atoms with Crippen LogP contribution in [0.3, 0.4) is 0 Å². The van der Waals surface area contributed by atoms with E-state index in [0.29, 0.717) is 11.4 Å². The first-order valence-electron chi connectivity index (χ1n) is 5.72. The maximum absolute atomic E-state index is 12.0. The fourth-order valence-electron chi connectivity index (χ4n) is 1.67. The van der Waals surface area contributed by atoms with Crippen molar-refractivity contribution in [1.29, 1.82) is 0 Å². The van der Waals surface area contributed by atoms with Gasteiger partial charge in [0, 0.05) is 32.4 Å². The highest BCUT2D eigenvalue weighted by Gasteiger charge is 2.10. The average Bonchev–Trinajstić information content (AvgIpc) is 2.83. The summed E-state index contributed by atoms with van der Waals surface area (Å²) in [5.74, 6) is 0.805. The van der Waals surface area contributed by atoms with Crippen molar-refractivity contribution in [2.45, 2.75) is 6.54 Å². The van der Waals surface area contributed by atoms with Gasteiger partial charge in [-0.25, -0.2) is 4.98 Å². The minimum absolute atomic E-state index is 0.0655. The van der Waals surface area contributed by atoms with E-state index in [9.17, 15) is 4.79 Å². The Morgan fingerprint density at radius 2 is 2.21 bits per heavy atom. The van der Waals surface area contributed by atoms with Crippen LogP contribution < -0.4 is 10.2 Å². The lowest BCUT2D eigenvalue weighted by molar-refractivity contribution is 0.0955. The lowest BCUT2D eigenvalue weighted by Gasteiger charge is -2.15. The Hall–Kier alpha value is -1.40. The number of carbonyl (C=O) groups is 1. The molecule has 100 valence electrons. The van der Waals surface area contributed by atoms with Gasteiger partial charge in [-0.2, -0.15) is 0 Å². The van der Waals surface area contributed by atoms with Crippen LogP contribution in [0.15, 0.2) is 34.2 Å². The molecule has 0 aliphatic rings. The van der Waals surface area contributed by atoms with Crippen LogP contribution in [-0.4, -0.2) is 25.0 Å². The molecule has 2 aromatic heterocycles. The Bertz CT molecular complexity index is 583. The second-order valence-electron chi connectivity index (χ2n) is 4.17. The largest absolute Gasteiger partial charge is 0.362 e. The summed E-state index contributed by atoms with van der Waals surface area (Å²) in [5.41, 5.74) is 0.997. The molecule has 0 aliphatic carbocycles. The predicted molar refractivity (Wildman–Crippen MR) is 81.8 cm³/mol. The van der Waals surface area contributed by atoms with Gasteiger partial charge in [0.25, 0.3) is 5.91 Å². The third kappa shape index (κ3) is 3.54. The number of rotatable bonds is 4. The molecule has 0 saturated carbocycles. The summed E-state index contributed by atoms with van der Waals surface area (Å²) < 4.78 is 0.952. The van der Waals surface area contributed by atoms with E-state index in [4.69, 9.17) is 0 Å². The number of amides is 1. The summed E-state index contributed by atoms with van der Waals surface area (Å²) in [7, 11) is 3.87. The van der Waals surface area contributed by atoms with Crippen LogP contribution in [-0.2, 0) is 6.54 Å². The Kier molecular flexibility index (Phi) is 4.55. The van der Waals surface area contributed by atoms with Crippen molar-refractivity contribution in [3.63, 3.8) is 0 Å². The number of anilines is 1. The lowest BCUT2D eigenvalue weighted by Crippen LogP contribution is -2.23. The van der Waals surface area contributed by atoms with Crippen molar-refractivity contribution < 1.29 is 4.79 Å². The van der Waals surface area contributed by atoms with Crippen LogP contribution in [0.2, 0.25) is 0 Å². The van der Waals surface area contributed by atoms with Crippen molar-refractivity contribution in [1.82, 2.24) is 10.3 Å². The molecule has 0 unspecified atom stereocenters. The maximum Gasteiger partial charge on any atom is 0.261 e. The van der Waals surface area contributed by atoms with Crippen molar-refractivity contribution in [2.24, 2.45) is 0 Å². The van der Waals surface area contributed by atoms with E-state index >= 15 is 0 Å². The lowest BCUT2D eigenvalue weighted by atomic mass is 10.2. The third-order valence-corrected chi connectivity index (χ3v) is 4.15. The molecule has 0 radical (unpaired) electrons. The van der Waals surface area contributed by atoms with E-state index in [1.807, 2.05) is 37.2 Å². The smallest absolute Gasteiger partial charge is 0.261 e. The first-order chi connectivity index (χ1) is 9.08. The van der Waals surface area contributed by atoms with E-state index in [-0.39, 0.29) is 5.91 Å². The first kappa shape index (κ1) is 14.0. The van der Waals surface area contributed by atoms with Crippen molar-refractivity contribution in [3.8, 4) is 0 Å². The predicted octanol–water partition coefficient (Wildman–Crippen LogP) is 2.90. The van der Waals surface area contributed by atoms with Gasteiger partial charge in [-0.05, 0) is 34.1 Å². The van der Waals surface area contributed by atoms with Crippen LogP contribution in [0.5, 0.6) is 0 Å². The maximum atomic E-state index is 12.0. The molecule has 0 atom stereocenters. The zero-order valence-electron chi connectivity index (χ0n) is 10.7. The van der Waals surface area contributed by atoms with Gasteiger partial charge in [0.05, 0.1) is 8.66 Å². The number of thiophene rings is 1. The number of pyridine rings is 1. The molecule has 0 bridgehead atoms. The summed E-state index contributed by atoms with van der Waals surface area (Å²) in [6.45, 7) is 0.468. The molecule has 2 aromatic rings. The van der Waals surface area contributed by atoms with E-state index in [2.05, 4.69) is 26.2 Å². The van der Waals surface area contributed by atoms with Crippen molar-refractivity contribution in [2.75, 3.05) is 19.0 Å². The molecule has 6 heteroatoms. The Morgan fingerprint density at radius 1 is 1.42 bits per heavy atom. The number of nitrogens with one attached hydrogen (secondary N) is 1. The Balaban J connectivity index is 2.05. The number of carbonyl (C=O) groups excluding carboxylic acids is 1. The van der Waals surface area contributed by atoms with E-state index in [1.54, 1.807) is 12.3 Å². The minimum Gasteiger partial charge on any atom is -0.362 e. The standard InChI is InChI=1S/C13H14BrN3OS/c1-17(2)12-9(4-3-7-15-12)8-16-13(18)10-5-6-11(14)19-10/h3-7H,8H2,1-2H3,(H,16,18). The zero-order valence-corrected chi connectivity index (χ0v) is 13.1. The second kappa shape index (κ2) is 6.16. The molecule has 2 heterocycles. The molecule has 1 N–H and O–H groups in total. The first-order valence-corrected chi connectivity index (χ1v) is 7.33. The highest BCUT2D eigenvalue weighted by Crippen LogP contribution is 2.22. The molecule has 19 heavy (non-hydrogen) atoms. The van der Waals surface area contributed by atoms with Crippen LogP contribution in [0.4, 0.5) is 5.82 Å². The molecule has 2 rings (SSSR count). The quantitative estimate of drug-likeness (QED) is 0.931. The van der Waals surface area contributed by atoms with Crippen LogP contribution in [0, 0.1) is 0 Å². The summed E-state index contributed by atoms with van der Waals surface area (Å²) in [6, 6.07) is 7.51. The van der Waals surface area contributed by atoms with Gasteiger partial charge in [0.15, 0.2) is 0 Å². The average molecular weight is 340 g/mol. The molecule has 1 amide bonds. The monoisotopic (exact) mass is 339 g/mol. The number of halogens is 1. The Labute approximate surface area is 124 Å². The molecule has 0 aliphatic heterocycles. The fourth-order valence-corrected chi connectivity index (χ4v) is 2.97. The summed E-state index contributed by atoms with van der Waals surface area (Å²) >= 11 is 4.77. The topological polar surface area (TPSA) is 45.2 Å². The van der Waals surface area contributed by atoms with Gasteiger partial charge < -0.3 is 10.2 Å². The van der Waals surface area contributed by atoms with Crippen LogP contribution in [0.25, 0.3) is 0 Å². The molecule has 4 nitrogen and oxygen atoms in total. The molecule has 0 saturated heterocycles. The number of hydrogen-bond acceptors (Lipinski definition) is 4. The van der Waals surface area contributed by atoms with E-state index in [1.165, 1.54) is 11.3 Å². The van der Waals surface area contributed by atoms with Crippen LogP contribution >= 0.6 is 27.3 Å². The third-order valence-electron chi connectivity index (χ3n) is 2.53. The van der Waals surface area contributed by atoms with Crippen molar-refractivity contribution >= 4 is 39.0 Å². The normalized spacial score (nSPS) is 10.3. The van der Waals surface area contributed by atoms with Crippen molar-refractivity contribution in [3.05, 3.63) is 44.7 Å². The number of aromatic nitrogens is 1. The molecule has 0 aromatic carbocycles. The second-order valence-corrected chi connectivity index (χ2v) is 6.63.